The van der Waals surface area contributed by atoms with Gasteiger partial charge in [-0.1, -0.05) is 35.5 Å². The van der Waals surface area contributed by atoms with Crippen molar-refractivity contribution >= 4 is 12.1 Å². The fraction of sp³-hybridized carbons (Fsp3) is 0.231. The van der Waals surface area contributed by atoms with Gasteiger partial charge < -0.3 is 15.2 Å². The number of nitrogens with one attached hydrogen (secondary N) is 1. The third-order valence-electron chi connectivity index (χ3n) is 3.11. The number of rotatable bonds is 4. The van der Waals surface area contributed by atoms with Crippen molar-refractivity contribution in [2.75, 3.05) is 6.54 Å². The summed E-state index contributed by atoms with van der Waals surface area (Å²) in [5, 5.41) is 19.3. The molecule has 0 radical (unpaired) electrons. The van der Waals surface area contributed by atoms with E-state index in [1.165, 1.54) is 4.68 Å². The van der Waals surface area contributed by atoms with Crippen LogP contribution in [0.2, 0.25) is 0 Å². The first-order chi connectivity index (χ1) is 10.1. The van der Waals surface area contributed by atoms with Crippen molar-refractivity contribution in [3.63, 3.8) is 0 Å². The number of alkyl carbamates (subject to hydrolysis) is 1. The molecule has 108 valence electrons. The van der Waals surface area contributed by atoms with Crippen LogP contribution in [-0.2, 0) is 11.3 Å². The Labute approximate surface area is 119 Å². The van der Waals surface area contributed by atoms with E-state index in [0.29, 0.717) is 17.8 Å². The normalized spacial score (nSPS) is 17.3. The molecule has 2 aromatic rings. The monoisotopic (exact) mass is 288 g/mol. The predicted octanol–water partition coefficient (Wildman–Crippen LogP) is 0.752. The Kier molecular flexibility index (Phi) is 3.27. The number of carbonyl (C=O) groups is 2. The summed E-state index contributed by atoms with van der Waals surface area (Å²) in [6, 6.07) is 8.99. The first kappa shape index (κ1) is 13.1. The zero-order chi connectivity index (χ0) is 14.8. The molecule has 1 aliphatic heterocycles. The summed E-state index contributed by atoms with van der Waals surface area (Å²) < 4.78 is 6.49. The van der Waals surface area contributed by atoms with Crippen LogP contribution >= 0.6 is 0 Å². The topological polar surface area (TPSA) is 106 Å². The molecule has 2 heterocycles. The van der Waals surface area contributed by atoms with Crippen molar-refractivity contribution in [1.29, 1.82) is 0 Å². The molecule has 2 N–H and O–H groups in total. The van der Waals surface area contributed by atoms with Crippen molar-refractivity contribution in [2.45, 2.75) is 12.6 Å². The summed E-state index contributed by atoms with van der Waals surface area (Å²) in [5.74, 6) is -1.15. The van der Waals surface area contributed by atoms with E-state index in [0.717, 1.165) is 0 Å². The van der Waals surface area contributed by atoms with Gasteiger partial charge in [-0.15, -0.1) is 5.10 Å². The summed E-state index contributed by atoms with van der Waals surface area (Å²) in [4.78, 5) is 22.3. The van der Waals surface area contributed by atoms with Crippen LogP contribution in [0.3, 0.4) is 0 Å². The van der Waals surface area contributed by atoms with E-state index in [2.05, 4.69) is 15.6 Å². The van der Waals surface area contributed by atoms with Gasteiger partial charge in [0.1, 0.15) is 11.8 Å². The molecule has 1 aliphatic rings. The van der Waals surface area contributed by atoms with Crippen LogP contribution in [0.1, 0.15) is 10.5 Å². The second-order valence-electron chi connectivity index (χ2n) is 4.55. The SMILES string of the molecule is O=C1NCC(Cn2nnc(C(=O)O)c2-c2ccccc2)O1. The second-order valence-corrected chi connectivity index (χ2v) is 4.55. The number of hydrogen-bond acceptors (Lipinski definition) is 5. The van der Waals surface area contributed by atoms with Gasteiger partial charge in [0.15, 0.2) is 5.69 Å². The minimum Gasteiger partial charge on any atom is -0.476 e. The summed E-state index contributed by atoms with van der Waals surface area (Å²) in [6.45, 7) is 0.596. The molecule has 21 heavy (non-hydrogen) atoms. The van der Waals surface area contributed by atoms with Gasteiger partial charge in [0.05, 0.1) is 13.1 Å². The van der Waals surface area contributed by atoms with Gasteiger partial charge >= 0.3 is 12.1 Å². The maximum atomic E-state index is 11.3. The van der Waals surface area contributed by atoms with E-state index >= 15 is 0 Å². The Morgan fingerprint density at radius 2 is 2.19 bits per heavy atom. The van der Waals surface area contributed by atoms with E-state index in [-0.39, 0.29) is 12.2 Å². The molecular weight excluding hydrogens is 276 g/mol. The van der Waals surface area contributed by atoms with Crippen molar-refractivity contribution < 1.29 is 19.4 Å². The number of benzene rings is 1. The van der Waals surface area contributed by atoms with Crippen LogP contribution in [-0.4, -0.2) is 44.8 Å². The molecule has 0 bridgehead atoms. The van der Waals surface area contributed by atoms with E-state index in [1.807, 2.05) is 6.07 Å². The molecule has 8 nitrogen and oxygen atoms in total. The maximum absolute atomic E-state index is 11.3. The molecule has 1 fully saturated rings. The number of carboxylic acids is 1. The first-order valence-electron chi connectivity index (χ1n) is 6.32. The summed E-state index contributed by atoms with van der Waals surface area (Å²) in [5.41, 5.74) is 0.960. The van der Waals surface area contributed by atoms with Gasteiger partial charge in [0.25, 0.3) is 0 Å². The van der Waals surface area contributed by atoms with Crippen molar-refractivity contribution in [3.8, 4) is 11.3 Å². The quantitative estimate of drug-likeness (QED) is 0.860. The van der Waals surface area contributed by atoms with Crippen LogP contribution in [0, 0.1) is 0 Å². The van der Waals surface area contributed by atoms with E-state index in [9.17, 15) is 14.7 Å². The minimum absolute atomic E-state index is 0.126. The zero-order valence-corrected chi connectivity index (χ0v) is 10.9. The van der Waals surface area contributed by atoms with E-state index < -0.39 is 18.2 Å². The number of carboxylic acid groups (broad SMARTS) is 1. The first-order valence-corrected chi connectivity index (χ1v) is 6.32. The fourth-order valence-corrected chi connectivity index (χ4v) is 2.19. The number of amides is 1. The molecular formula is C13H12N4O4. The number of cyclic esters (lactones) is 1. The molecule has 1 atom stereocenters. The summed E-state index contributed by atoms with van der Waals surface area (Å²) in [7, 11) is 0. The lowest BCUT2D eigenvalue weighted by Crippen LogP contribution is -2.22. The molecule has 1 amide bonds. The molecule has 1 unspecified atom stereocenters. The van der Waals surface area contributed by atoms with Gasteiger partial charge in [-0.3, -0.25) is 0 Å². The molecule has 0 spiro atoms. The van der Waals surface area contributed by atoms with Crippen LogP contribution in [0.4, 0.5) is 4.79 Å². The van der Waals surface area contributed by atoms with Gasteiger partial charge in [-0.2, -0.15) is 0 Å². The summed E-state index contributed by atoms with van der Waals surface area (Å²) >= 11 is 0. The maximum Gasteiger partial charge on any atom is 0.407 e. The van der Waals surface area contributed by atoms with Crippen molar-refractivity contribution in [2.24, 2.45) is 0 Å². The lowest BCUT2D eigenvalue weighted by Gasteiger charge is -2.10. The molecule has 1 aromatic carbocycles. The minimum atomic E-state index is -1.15. The number of carbonyl (C=O) groups excluding carboxylic acids is 1. The van der Waals surface area contributed by atoms with Crippen LogP contribution < -0.4 is 5.32 Å². The molecule has 0 saturated carbocycles. The van der Waals surface area contributed by atoms with Crippen LogP contribution in [0.25, 0.3) is 11.3 Å². The van der Waals surface area contributed by atoms with Crippen LogP contribution in [0.5, 0.6) is 0 Å². The molecule has 1 aromatic heterocycles. The predicted molar refractivity (Wildman–Crippen MR) is 70.7 cm³/mol. The highest BCUT2D eigenvalue weighted by Gasteiger charge is 2.27. The van der Waals surface area contributed by atoms with Crippen molar-refractivity contribution in [3.05, 3.63) is 36.0 Å². The van der Waals surface area contributed by atoms with Gasteiger partial charge in [-0.25, -0.2) is 14.3 Å². The average Bonchev–Trinajstić information content (AvgIpc) is 3.07. The highest BCUT2D eigenvalue weighted by Crippen LogP contribution is 2.22. The standard InChI is InChI=1S/C13H12N4O4/c18-12(19)10-11(8-4-2-1-3-5-8)17(16-15-10)7-9-6-14-13(20)21-9/h1-5,9H,6-7H2,(H,14,20)(H,18,19). The van der Waals surface area contributed by atoms with Crippen molar-refractivity contribution in [1.82, 2.24) is 20.3 Å². The Hall–Kier alpha value is -2.90. The molecule has 8 heteroatoms. The Morgan fingerprint density at radius 1 is 1.43 bits per heavy atom. The third-order valence-corrected chi connectivity index (χ3v) is 3.11. The smallest absolute Gasteiger partial charge is 0.407 e. The number of ether oxygens (including phenoxy) is 1. The van der Waals surface area contributed by atoms with E-state index in [4.69, 9.17) is 4.74 Å². The lowest BCUT2D eigenvalue weighted by atomic mass is 10.1. The number of aromatic carboxylic acids is 1. The number of hydrogen-bond donors (Lipinski definition) is 2. The van der Waals surface area contributed by atoms with Gasteiger partial charge in [0, 0.05) is 5.56 Å². The van der Waals surface area contributed by atoms with Gasteiger partial charge in [0.2, 0.25) is 0 Å². The largest absolute Gasteiger partial charge is 0.476 e. The number of nitrogens with zero attached hydrogens (tertiary/aromatic N) is 3. The Balaban J connectivity index is 1.97. The lowest BCUT2D eigenvalue weighted by molar-refractivity contribution is 0.0691. The molecule has 3 rings (SSSR count). The fourth-order valence-electron chi connectivity index (χ4n) is 2.19. The highest BCUT2D eigenvalue weighted by atomic mass is 16.6. The summed E-state index contributed by atoms with van der Waals surface area (Å²) in [6.07, 6.45) is -0.886. The second kappa shape index (κ2) is 5.23. The molecule has 1 saturated heterocycles. The van der Waals surface area contributed by atoms with Crippen LogP contribution in [0.15, 0.2) is 30.3 Å². The van der Waals surface area contributed by atoms with Gasteiger partial charge in [-0.05, 0) is 0 Å². The molecule has 0 aliphatic carbocycles. The Morgan fingerprint density at radius 3 is 2.81 bits per heavy atom. The number of aromatic nitrogens is 3. The Bertz CT molecular complexity index is 683. The average molecular weight is 288 g/mol. The highest BCUT2D eigenvalue weighted by molar-refractivity contribution is 5.92. The van der Waals surface area contributed by atoms with E-state index in [1.54, 1.807) is 24.3 Å². The third kappa shape index (κ3) is 2.55. The zero-order valence-electron chi connectivity index (χ0n) is 10.9.